The number of aliphatic carboxylic acids is 1. The third kappa shape index (κ3) is 4.94. The van der Waals surface area contributed by atoms with Gasteiger partial charge in [-0.3, -0.25) is 4.79 Å². The van der Waals surface area contributed by atoms with Crippen LogP contribution in [-0.4, -0.2) is 34.9 Å². The van der Waals surface area contributed by atoms with Gasteiger partial charge in [0.25, 0.3) is 0 Å². The van der Waals surface area contributed by atoms with Gasteiger partial charge in [-0.05, 0) is 12.8 Å². The van der Waals surface area contributed by atoms with E-state index in [1.165, 1.54) is 0 Å². The maximum absolute atomic E-state index is 10.7. The van der Waals surface area contributed by atoms with Crippen LogP contribution in [0.5, 0.6) is 0 Å². The Morgan fingerprint density at radius 3 is 2.12 bits per heavy atom. The van der Waals surface area contributed by atoms with Gasteiger partial charge in [-0.15, -0.1) is 0 Å². The third-order valence-electron chi connectivity index (χ3n) is 3.38. The fourth-order valence-corrected chi connectivity index (χ4v) is 1.70. The van der Waals surface area contributed by atoms with Gasteiger partial charge < -0.3 is 15.5 Å². The largest absolute Gasteiger partial charge is 0.481 e. The average molecular weight is 231 g/mol. The second-order valence-corrected chi connectivity index (χ2v) is 4.47. The second kappa shape index (κ2) is 7.63. The summed E-state index contributed by atoms with van der Waals surface area (Å²) in [7, 11) is 0. The Bertz CT molecular complexity index is 204. The summed E-state index contributed by atoms with van der Waals surface area (Å²) < 4.78 is 0. The Morgan fingerprint density at radius 1 is 1.25 bits per heavy atom. The van der Waals surface area contributed by atoms with Crippen molar-refractivity contribution in [2.75, 3.05) is 6.54 Å². The number of carboxylic acid groups (broad SMARTS) is 1. The van der Waals surface area contributed by atoms with Gasteiger partial charge in [0, 0.05) is 12.6 Å². The highest BCUT2D eigenvalue weighted by molar-refractivity contribution is 5.70. The molecule has 0 heterocycles. The van der Waals surface area contributed by atoms with Crippen molar-refractivity contribution in [1.29, 1.82) is 0 Å². The second-order valence-electron chi connectivity index (χ2n) is 4.47. The number of hydrogen-bond donors (Lipinski definition) is 3. The van der Waals surface area contributed by atoms with Crippen LogP contribution in [0.2, 0.25) is 0 Å². The molecular formula is C12H25NO3. The third-order valence-corrected chi connectivity index (χ3v) is 3.38. The zero-order valence-electron chi connectivity index (χ0n) is 10.7. The number of rotatable bonds is 8. The van der Waals surface area contributed by atoms with Crippen LogP contribution in [0.15, 0.2) is 0 Å². The molecule has 0 bridgehead atoms. The molecule has 0 aliphatic rings. The van der Waals surface area contributed by atoms with Gasteiger partial charge in [0.05, 0.1) is 12.0 Å². The smallest absolute Gasteiger partial charge is 0.307 e. The summed E-state index contributed by atoms with van der Waals surface area (Å²) in [5, 5.41) is 21.8. The van der Waals surface area contributed by atoms with Gasteiger partial charge >= 0.3 is 5.97 Å². The molecule has 0 aromatic carbocycles. The molecule has 3 unspecified atom stereocenters. The molecule has 4 nitrogen and oxygen atoms in total. The normalized spacial score (nSPS) is 17.1. The number of hydrogen-bond acceptors (Lipinski definition) is 3. The molecule has 0 amide bonds. The molecule has 96 valence electrons. The van der Waals surface area contributed by atoms with E-state index < -0.39 is 18.0 Å². The number of aliphatic hydroxyl groups excluding tert-OH is 1. The van der Waals surface area contributed by atoms with Crippen molar-refractivity contribution in [3.8, 4) is 0 Å². The highest BCUT2D eigenvalue weighted by atomic mass is 16.4. The van der Waals surface area contributed by atoms with Crippen LogP contribution in [0, 0.1) is 11.8 Å². The van der Waals surface area contributed by atoms with E-state index in [9.17, 15) is 9.90 Å². The maximum Gasteiger partial charge on any atom is 0.307 e. The quantitative estimate of drug-likeness (QED) is 0.592. The number of carboxylic acids is 1. The Balaban J connectivity index is 3.99. The van der Waals surface area contributed by atoms with Gasteiger partial charge in [-0.25, -0.2) is 0 Å². The highest BCUT2D eigenvalue weighted by Gasteiger charge is 2.21. The zero-order valence-corrected chi connectivity index (χ0v) is 10.7. The highest BCUT2D eigenvalue weighted by Crippen LogP contribution is 2.13. The summed E-state index contributed by atoms with van der Waals surface area (Å²) in [5.41, 5.74) is 0. The minimum absolute atomic E-state index is 0.124. The topological polar surface area (TPSA) is 69.6 Å². The van der Waals surface area contributed by atoms with E-state index in [-0.39, 0.29) is 6.04 Å². The summed E-state index contributed by atoms with van der Waals surface area (Å²) in [6, 6.07) is -0.124. The van der Waals surface area contributed by atoms with Gasteiger partial charge in [-0.1, -0.05) is 33.6 Å². The lowest BCUT2D eigenvalue weighted by Gasteiger charge is -2.24. The molecule has 0 aromatic rings. The summed E-state index contributed by atoms with van der Waals surface area (Å²) >= 11 is 0. The van der Waals surface area contributed by atoms with Gasteiger partial charge in [0.15, 0.2) is 0 Å². The van der Waals surface area contributed by atoms with E-state index in [1.807, 2.05) is 6.92 Å². The molecule has 3 N–H and O–H groups in total. The standard InChI is InChI=1S/C12H25NO3/c1-5-10(6-2)11(14)7-13-9(4)8(3)12(15)16/h8-11,13-14H,5-7H2,1-4H3,(H,15,16). The fourth-order valence-electron chi connectivity index (χ4n) is 1.70. The van der Waals surface area contributed by atoms with Crippen molar-refractivity contribution >= 4 is 5.97 Å². The Labute approximate surface area is 98.1 Å². The predicted molar refractivity (Wildman–Crippen MR) is 64.3 cm³/mol. The maximum atomic E-state index is 10.7. The fraction of sp³-hybridized carbons (Fsp3) is 0.917. The first-order valence-corrected chi connectivity index (χ1v) is 6.08. The van der Waals surface area contributed by atoms with Gasteiger partial charge in [0.1, 0.15) is 0 Å². The molecule has 0 fully saturated rings. The zero-order chi connectivity index (χ0) is 12.7. The van der Waals surface area contributed by atoms with E-state index >= 15 is 0 Å². The molecule has 0 saturated heterocycles. The van der Waals surface area contributed by atoms with Crippen molar-refractivity contribution in [1.82, 2.24) is 5.32 Å². The van der Waals surface area contributed by atoms with Crippen LogP contribution in [0.4, 0.5) is 0 Å². The van der Waals surface area contributed by atoms with Gasteiger partial charge in [-0.2, -0.15) is 0 Å². The van der Waals surface area contributed by atoms with Crippen LogP contribution in [0.1, 0.15) is 40.5 Å². The molecule has 0 spiro atoms. The van der Waals surface area contributed by atoms with Crippen molar-refractivity contribution in [2.24, 2.45) is 11.8 Å². The van der Waals surface area contributed by atoms with Crippen molar-refractivity contribution in [3.63, 3.8) is 0 Å². The lowest BCUT2D eigenvalue weighted by molar-refractivity contribution is -0.142. The molecule has 0 aliphatic heterocycles. The van der Waals surface area contributed by atoms with E-state index in [1.54, 1.807) is 6.92 Å². The molecular weight excluding hydrogens is 206 g/mol. The first-order valence-electron chi connectivity index (χ1n) is 6.08. The molecule has 0 saturated carbocycles. The Kier molecular flexibility index (Phi) is 7.34. The summed E-state index contributed by atoms with van der Waals surface area (Å²) in [6.45, 7) is 8.08. The first-order chi connectivity index (χ1) is 7.43. The molecule has 0 aliphatic carbocycles. The van der Waals surface area contributed by atoms with Gasteiger partial charge in [0.2, 0.25) is 0 Å². The predicted octanol–water partition coefficient (Wildman–Crippen LogP) is 1.48. The molecule has 16 heavy (non-hydrogen) atoms. The molecule has 0 aromatic heterocycles. The first kappa shape index (κ1) is 15.4. The van der Waals surface area contributed by atoms with Crippen LogP contribution < -0.4 is 5.32 Å². The number of carbonyl (C=O) groups is 1. The number of aliphatic hydroxyl groups is 1. The SMILES string of the molecule is CCC(CC)C(O)CNC(C)C(C)C(=O)O. The van der Waals surface area contributed by atoms with E-state index in [0.29, 0.717) is 12.5 Å². The molecule has 0 rings (SSSR count). The lowest BCUT2D eigenvalue weighted by atomic mass is 9.96. The number of nitrogens with one attached hydrogen (secondary N) is 1. The van der Waals surface area contributed by atoms with Crippen LogP contribution in [0.3, 0.4) is 0 Å². The Hall–Kier alpha value is -0.610. The average Bonchev–Trinajstić information content (AvgIpc) is 2.26. The minimum atomic E-state index is -0.808. The molecule has 3 atom stereocenters. The molecule has 0 radical (unpaired) electrons. The molecule has 4 heteroatoms. The van der Waals surface area contributed by atoms with Crippen molar-refractivity contribution in [2.45, 2.75) is 52.7 Å². The van der Waals surface area contributed by atoms with Crippen molar-refractivity contribution < 1.29 is 15.0 Å². The Morgan fingerprint density at radius 2 is 1.75 bits per heavy atom. The van der Waals surface area contributed by atoms with Crippen LogP contribution >= 0.6 is 0 Å². The van der Waals surface area contributed by atoms with Crippen molar-refractivity contribution in [3.05, 3.63) is 0 Å². The van der Waals surface area contributed by atoms with E-state index in [0.717, 1.165) is 12.8 Å². The minimum Gasteiger partial charge on any atom is -0.481 e. The summed E-state index contributed by atoms with van der Waals surface area (Å²) in [6.07, 6.45) is 1.50. The monoisotopic (exact) mass is 231 g/mol. The van der Waals surface area contributed by atoms with E-state index in [2.05, 4.69) is 19.2 Å². The summed E-state index contributed by atoms with van der Waals surface area (Å²) in [5.74, 6) is -0.953. The van der Waals surface area contributed by atoms with Crippen LogP contribution in [0.25, 0.3) is 0 Å². The lowest BCUT2D eigenvalue weighted by Crippen LogP contribution is -2.42. The van der Waals surface area contributed by atoms with E-state index in [4.69, 9.17) is 5.11 Å². The summed E-state index contributed by atoms with van der Waals surface area (Å²) in [4.78, 5) is 10.7. The van der Waals surface area contributed by atoms with Crippen LogP contribution in [-0.2, 0) is 4.79 Å².